The normalized spacial score (nSPS) is 9.21. The Hall–Kier alpha value is -1.04. The molecule has 5 heteroatoms. The minimum absolute atomic E-state index is 0.0838. The molecule has 14 heavy (non-hydrogen) atoms. The number of benzene rings is 1. The molecule has 0 aliphatic rings. The molecule has 2 N–H and O–H groups in total. The van der Waals surface area contributed by atoms with Crippen LogP contribution in [0.1, 0.15) is 10.4 Å². The van der Waals surface area contributed by atoms with Gasteiger partial charge in [0.25, 0.3) is 0 Å². The number of carbonyl (C=O) groups is 2. The Morgan fingerprint density at radius 1 is 1.36 bits per heavy atom. The second kappa shape index (κ2) is 5.64. The SMILES string of the molecule is O=CNc1ccc(C(=O)N[CH2][Sn])cc1. The molecular formula is C9H9N2O2Sn. The number of amides is 2. The molecule has 0 aromatic heterocycles. The zero-order valence-corrected chi connectivity index (χ0v) is 10.3. The van der Waals surface area contributed by atoms with Gasteiger partial charge in [-0.15, -0.1) is 0 Å². The Bertz CT molecular complexity index is 324. The van der Waals surface area contributed by atoms with E-state index < -0.39 is 0 Å². The quantitative estimate of drug-likeness (QED) is 0.612. The Kier molecular flexibility index (Phi) is 4.45. The van der Waals surface area contributed by atoms with Gasteiger partial charge in [0.05, 0.1) is 0 Å². The van der Waals surface area contributed by atoms with Gasteiger partial charge in [-0.3, -0.25) is 0 Å². The van der Waals surface area contributed by atoms with Crippen LogP contribution >= 0.6 is 0 Å². The minimum atomic E-state index is -0.0838. The van der Waals surface area contributed by atoms with Crippen LogP contribution < -0.4 is 10.6 Å². The molecule has 0 atom stereocenters. The van der Waals surface area contributed by atoms with E-state index in [1.165, 1.54) is 22.5 Å². The summed E-state index contributed by atoms with van der Waals surface area (Å²) in [5, 5.41) is 5.22. The molecule has 0 saturated heterocycles. The Morgan fingerprint density at radius 2 is 2.00 bits per heavy atom. The van der Waals surface area contributed by atoms with Gasteiger partial charge in [-0.2, -0.15) is 0 Å². The molecule has 1 aromatic rings. The number of hydrogen-bond acceptors (Lipinski definition) is 2. The second-order valence-electron chi connectivity index (χ2n) is 2.52. The summed E-state index contributed by atoms with van der Waals surface area (Å²) in [6, 6.07) is 6.72. The van der Waals surface area contributed by atoms with E-state index in [1.54, 1.807) is 24.3 Å². The summed E-state index contributed by atoms with van der Waals surface area (Å²) in [5.41, 5.74) is 1.28. The molecule has 71 valence electrons. The van der Waals surface area contributed by atoms with Gasteiger partial charge in [-0.05, 0) is 0 Å². The summed E-state index contributed by atoms with van der Waals surface area (Å²) in [5.74, 6) is -0.0838. The van der Waals surface area contributed by atoms with Gasteiger partial charge in [-0.25, -0.2) is 0 Å². The molecule has 2 amide bonds. The molecule has 0 fully saturated rings. The standard InChI is InChI=1S/C9H9N2O2.Sn/c1-10-9(13)7-2-4-8(5-3-7)11-6-12;/h2-6H,1H2,(H,10,13)(H,11,12);. The second-order valence-corrected chi connectivity index (χ2v) is 3.53. The van der Waals surface area contributed by atoms with Crippen LogP contribution in [0, 0.1) is 0 Å². The molecule has 0 bridgehead atoms. The van der Waals surface area contributed by atoms with Gasteiger partial charge in [0.2, 0.25) is 0 Å². The van der Waals surface area contributed by atoms with E-state index in [-0.39, 0.29) is 5.91 Å². The molecule has 1 rings (SSSR count). The van der Waals surface area contributed by atoms with Gasteiger partial charge in [0.15, 0.2) is 0 Å². The van der Waals surface area contributed by atoms with Crippen molar-refractivity contribution in [2.45, 2.75) is 0 Å². The predicted octanol–water partition coefficient (Wildman–Crippen LogP) is 0.111. The van der Waals surface area contributed by atoms with E-state index in [9.17, 15) is 9.59 Å². The third kappa shape index (κ3) is 3.02. The molecule has 0 saturated carbocycles. The molecule has 3 radical (unpaired) electrons. The van der Waals surface area contributed by atoms with Crippen molar-refractivity contribution in [1.82, 2.24) is 5.32 Å². The fourth-order valence-corrected chi connectivity index (χ4v) is 1.43. The van der Waals surface area contributed by atoms with E-state index in [0.717, 1.165) is 0 Å². The van der Waals surface area contributed by atoms with Crippen molar-refractivity contribution in [3.63, 3.8) is 0 Å². The number of anilines is 1. The van der Waals surface area contributed by atoms with E-state index in [4.69, 9.17) is 0 Å². The molecule has 1 aromatic carbocycles. The molecule has 0 aliphatic heterocycles. The number of hydrogen-bond donors (Lipinski definition) is 2. The van der Waals surface area contributed by atoms with Crippen LogP contribution in [0.25, 0.3) is 0 Å². The molecule has 4 nitrogen and oxygen atoms in total. The van der Waals surface area contributed by atoms with Gasteiger partial charge >= 0.3 is 95.1 Å². The van der Waals surface area contributed by atoms with Crippen LogP contribution in [0.3, 0.4) is 0 Å². The monoisotopic (exact) mass is 297 g/mol. The fraction of sp³-hybridized carbons (Fsp3) is 0.111. The topological polar surface area (TPSA) is 58.2 Å². The molecule has 0 heterocycles. The van der Waals surface area contributed by atoms with E-state index in [2.05, 4.69) is 10.6 Å². The maximum absolute atomic E-state index is 11.3. The first kappa shape index (κ1) is 11.0. The summed E-state index contributed by atoms with van der Waals surface area (Å²) in [6.07, 6.45) is 0.602. The van der Waals surface area contributed by atoms with E-state index in [0.29, 0.717) is 22.2 Å². The molecule has 0 aliphatic carbocycles. The van der Waals surface area contributed by atoms with E-state index >= 15 is 0 Å². The van der Waals surface area contributed by atoms with Crippen molar-refractivity contribution < 1.29 is 9.59 Å². The summed E-state index contributed by atoms with van der Waals surface area (Å²) < 4.78 is 0.694. The maximum atomic E-state index is 11.3. The van der Waals surface area contributed by atoms with Crippen molar-refractivity contribution >= 4 is 40.5 Å². The van der Waals surface area contributed by atoms with Gasteiger partial charge < -0.3 is 0 Å². The third-order valence-electron chi connectivity index (χ3n) is 1.62. The van der Waals surface area contributed by atoms with Crippen molar-refractivity contribution in [2.75, 3.05) is 9.88 Å². The van der Waals surface area contributed by atoms with Crippen molar-refractivity contribution in [3.8, 4) is 0 Å². The third-order valence-corrected chi connectivity index (χ3v) is 2.13. The number of carbonyl (C=O) groups excluding carboxylic acids is 2. The molecular weight excluding hydrogens is 287 g/mol. The average Bonchev–Trinajstić information content (AvgIpc) is 2.20. The zero-order valence-electron chi connectivity index (χ0n) is 7.41. The summed E-state index contributed by atoms with van der Waals surface area (Å²) in [7, 11) is 0. The van der Waals surface area contributed by atoms with Gasteiger partial charge in [0.1, 0.15) is 0 Å². The van der Waals surface area contributed by atoms with Crippen LogP contribution in [0.15, 0.2) is 24.3 Å². The Balaban J connectivity index is 2.72. The van der Waals surface area contributed by atoms with Crippen LogP contribution in [0.2, 0.25) is 0 Å². The first-order chi connectivity index (χ1) is 6.77. The molecule has 0 unspecified atom stereocenters. The number of nitrogens with one attached hydrogen (secondary N) is 2. The zero-order chi connectivity index (χ0) is 10.4. The van der Waals surface area contributed by atoms with Crippen molar-refractivity contribution in [2.24, 2.45) is 0 Å². The Morgan fingerprint density at radius 3 is 2.50 bits per heavy atom. The first-order valence-corrected chi connectivity index (χ1v) is 6.03. The van der Waals surface area contributed by atoms with Gasteiger partial charge in [-0.1, -0.05) is 0 Å². The predicted molar refractivity (Wildman–Crippen MR) is 54.2 cm³/mol. The van der Waals surface area contributed by atoms with Crippen molar-refractivity contribution in [3.05, 3.63) is 29.8 Å². The number of rotatable bonds is 4. The fourth-order valence-electron chi connectivity index (χ4n) is 0.968. The van der Waals surface area contributed by atoms with Crippen molar-refractivity contribution in [1.29, 1.82) is 0 Å². The van der Waals surface area contributed by atoms with Gasteiger partial charge in [0, 0.05) is 0 Å². The summed E-state index contributed by atoms with van der Waals surface area (Å²) in [6.45, 7) is 0. The van der Waals surface area contributed by atoms with Crippen LogP contribution in [0.5, 0.6) is 0 Å². The summed E-state index contributed by atoms with van der Waals surface area (Å²) >= 11 is 1.27. The molecule has 0 spiro atoms. The average molecular weight is 296 g/mol. The first-order valence-electron chi connectivity index (χ1n) is 4.01. The van der Waals surface area contributed by atoms with Crippen LogP contribution in [-0.4, -0.2) is 39.4 Å². The van der Waals surface area contributed by atoms with Crippen LogP contribution in [0.4, 0.5) is 5.69 Å². The Labute approximate surface area is 95.2 Å². The summed E-state index contributed by atoms with van der Waals surface area (Å²) in [4.78, 5) is 21.4. The van der Waals surface area contributed by atoms with E-state index in [1.807, 2.05) is 0 Å². The van der Waals surface area contributed by atoms with Crippen LogP contribution in [-0.2, 0) is 4.79 Å².